The zero-order chi connectivity index (χ0) is 17.6. The number of aromatic nitrogens is 2. The highest BCUT2D eigenvalue weighted by Gasteiger charge is 2.42. The number of hydrogen-bond acceptors (Lipinski definition) is 5. The Labute approximate surface area is 147 Å². The monoisotopic (exact) mass is 357 g/mol. The van der Waals surface area contributed by atoms with E-state index < -0.39 is 17.7 Å². The number of allylic oxidation sites excluding steroid dienone is 2. The standard InChI is InChI=1S/C18H16FN3O2S/c1-25-18-21-16-15(17(24)22-18)13(9-4-2-5-10(19)8-9)14-11(20-16)6-3-7-12(14)23/h2,4-6,8,13-14H,3,7H2,1H3,(H2,20,21,22,24). The molecular formula is C18H16FN3O2S. The maximum atomic E-state index is 13.8. The number of H-pyrrole nitrogens is 1. The van der Waals surface area contributed by atoms with Gasteiger partial charge in [-0.15, -0.1) is 0 Å². The van der Waals surface area contributed by atoms with E-state index in [4.69, 9.17) is 0 Å². The average Bonchev–Trinajstić information content (AvgIpc) is 2.60. The van der Waals surface area contributed by atoms with E-state index in [9.17, 15) is 14.0 Å². The van der Waals surface area contributed by atoms with Gasteiger partial charge in [0.05, 0.1) is 11.5 Å². The molecule has 2 aliphatic rings. The number of thioether (sulfide) groups is 1. The van der Waals surface area contributed by atoms with Gasteiger partial charge >= 0.3 is 0 Å². The molecule has 2 heterocycles. The van der Waals surface area contributed by atoms with Crippen LogP contribution in [0.25, 0.3) is 0 Å². The maximum absolute atomic E-state index is 13.8. The van der Waals surface area contributed by atoms with Crippen LogP contribution >= 0.6 is 11.8 Å². The van der Waals surface area contributed by atoms with Gasteiger partial charge in [-0.25, -0.2) is 9.37 Å². The second-order valence-corrected chi connectivity index (χ2v) is 6.93. The third-order valence-corrected chi connectivity index (χ3v) is 5.26. The number of anilines is 1. The first-order valence-corrected chi connectivity index (χ1v) is 9.24. The van der Waals surface area contributed by atoms with Crippen LogP contribution < -0.4 is 10.9 Å². The molecule has 25 heavy (non-hydrogen) atoms. The minimum atomic E-state index is -0.543. The lowest BCUT2D eigenvalue weighted by atomic mass is 9.72. The highest BCUT2D eigenvalue weighted by atomic mass is 32.2. The van der Waals surface area contributed by atoms with Gasteiger partial charge in [0.2, 0.25) is 0 Å². The Morgan fingerprint density at radius 3 is 2.88 bits per heavy atom. The molecule has 0 bridgehead atoms. The van der Waals surface area contributed by atoms with Crippen molar-refractivity contribution in [2.24, 2.45) is 5.92 Å². The molecule has 2 N–H and O–H groups in total. The molecule has 1 aliphatic heterocycles. The molecule has 128 valence electrons. The Balaban J connectivity index is 1.98. The first kappa shape index (κ1) is 16.1. The lowest BCUT2D eigenvalue weighted by Crippen LogP contribution is -2.38. The van der Waals surface area contributed by atoms with E-state index in [2.05, 4.69) is 15.3 Å². The quantitative estimate of drug-likeness (QED) is 0.638. The first-order valence-electron chi connectivity index (χ1n) is 8.02. The number of aromatic amines is 1. The Morgan fingerprint density at radius 2 is 2.12 bits per heavy atom. The Morgan fingerprint density at radius 1 is 1.28 bits per heavy atom. The third-order valence-electron chi connectivity index (χ3n) is 4.68. The first-order chi connectivity index (χ1) is 12.1. The molecule has 5 nitrogen and oxygen atoms in total. The largest absolute Gasteiger partial charge is 0.343 e. The van der Waals surface area contributed by atoms with Crippen LogP contribution in [0, 0.1) is 11.7 Å². The predicted molar refractivity (Wildman–Crippen MR) is 94.3 cm³/mol. The molecule has 1 aromatic heterocycles. The number of halogens is 1. The number of fused-ring (bicyclic) bond motifs is 2. The lowest BCUT2D eigenvalue weighted by Gasteiger charge is -2.36. The number of rotatable bonds is 2. The van der Waals surface area contributed by atoms with Crippen LogP contribution in [-0.4, -0.2) is 22.0 Å². The maximum Gasteiger partial charge on any atom is 0.257 e. The van der Waals surface area contributed by atoms with Crippen molar-refractivity contribution in [2.45, 2.75) is 23.9 Å². The number of hydrogen-bond donors (Lipinski definition) is 2. The van der Waals surface area contributed by atoms with Gasteiger partial charge in [0.1, 0.15) is 17.4 Å². The number of nitrogens with one attached hydrogen (secondary N) is 2. The molecule has 0 radical (unpaired) electrons. The average molecular weight is 357 g/mol. The topological polar surface area (TPSA) is 74.8 Å². The van der Waals surface area contributed by atoms with E-state index in [1.54, 1.807) is 12.1 Å². The molecule has 0 amide bonds. The number of ketones is 1. The normalized spacial score (nSPS) is 21.8. The van der Waals surface area contributed by atoms with Crippen molar-refractivity contribution in [1.82, 2.24) is 9.97 Å². The zero-order valence-corrected chi connectivity index (χ0v) is 14.3. The van der Waals surface area contributed by atoms with Crippen LogP contribution in [0.4, 0.5) is 10.2 Å². The van der Waals surface area contributed by atoms with E-state index in [1.807, 2.05) is 12.3 Å². The molecule has 0 fully saturated rings. The van der Waals surface area contributed by atoms with E-state index in [-0.39, 0.29) is 11.3 Å². The summed E-state index contributed by atoms with van der Waals surface area (Å²) in [4.78, 5) is 32.5. The van der Waals surface area contributed by atoms with Gasteiger partial charge in [0.25, 0.3) is 5.56 Å². The minimum absolute atomic E-state index is 0.0539. The van der Waals surface area contributed by atoms with E-state index >= 15 is 0 Å². The fourth-order valence-corrected chi connectivity index (χ4v) is 4.00. The number of carbonyl (C=O) groups is 1. The van der Waals surface area contributed by atoms with Crippen molar-refractivity contribution in [3.05, 3.63) is 63.3 Å². The van der Waals surface area contributed by atoms with E-state index in [0.717, 1.165) is 5.70 Å². The molecule has 2 aromatic rings. The minimum Gasteiger partial charge on any atom is -0.343 e. The predicted octanol–water partition coefficient (Wildman–Crippen LogP) is 3.05. The van der Waals surface area contributed by atoms with E-state index in [0.29, 0.717) is 34.9 Å². The summed E-state index contributed by atoms with van der Waals surface area (Å²) in [6.07, 6.45) is 4.87. The molecule has 0 saturated heterocycles. The smallest absolute Gasteiger partial charge is 0.257 e. The van der Waals surface area contributed by atoms with Gasteiger partial charge in [0.15, 0.2) is 5.16 Å². The molecule has 2 atom stereocenters. The second kappa shape index (κ2) is 6.15. The summed E-state index contributed by atoms with van der Waals surface area (Å²) in [6, 6.07) is 6.09. The summed E-state index contributed by atoms with van der Waals surface area (Å²) in [6.45, 7) is 0. The van der Waals surface area contributed by atoms with Gasteiger partial charge < -0.3 is 10.3 Å². The van der Waals surface area contributed by atoms with Crippen molar-refractivity contribution < 1.29 is 9.18 Å². The highest BCUT2D eigenvalue weighted by molar-refractivity contribution is 7.98. The summed E-state index contributed by atoms with van der Waals surface area (Å²) < 4.78 is 13.8. The number of benzene rings is 1. The van der Waals surface area contributed by atoms with Crippen LogP contribution in [0.15, 0.2) is 46.0 Å². The summed E-state index contributed by atoms with van der Waals surface area (Å²) in [5.41, 5.74) is 1.45. The van der Waals surface area contributed by atoms with Crippen LogP contribution in [0.3, 0.4) is 0 Å². The molecule has 7 heteroatoms. The number of carbonyl (C=O) groups excluding carboxylic acids is 1. The SMILES string of the molecule is CSc1nc2c(c(=O)[nH]1)C(c1cccc(F)c1)C1C(=O)CCC=C1N2. The Kier molecular flexibility index (Phi) is 3.95. The summed E-state index contributed by atoms with van der Waals surface area (Å²) in [5.74, 6) is -0.946. The summed E-state index contributed by atoms with van der Waals surface area (Å²) in [7, 11) is 0. The fourth-order valence-electron chi connectivity index (χ4n) is 3.62. The third kappa shape index (κ3) is 2.68. The van der Waals surface area contributed by atoms with Crippen LogP contribution in [0.5, 0.6) is 0 Å². The number of Topliss-reactive ketones (excluding diaryl/α,β-unsaturated/α-hetero) is 1. The van der Waals surface area contributed by atoms with Gasteiger partial charge in [-0.3, -0.25) is 9.59 Å². The second-order valence-electron chi connectivity index (χ2n) is 6.14. The van der Waals surface area contributed by atoms with Gasteiger partial charge in [0, 0.05) is 18.0 Å². The Bertz CT molecular complexity index is 954. The molecule has 1 aromatic carbocycles. The van der Waals surface area contributed by atoms with Gasteiger partial charge in [-0.1, -0.05) is 30.0 Å². The van der Waals surface area contributed by atoms with Crippen molar-refractivity contribution in [2.75, 3.05) is 11.6 Å². The fraction of sp³-hybridized carbons (Fsp3) is 0.278. The van der Waals surface area contributed by atoms with Gasteiger partial charge in [-0.05, 0) is 30.4 Å². The number of nitrogens with zero attached hydrogens (tertiary/aromatic N) is 1. The summed E-state index contributed by atoms with van der Waals surface area (Å²) in [5, 5.41) is 3.66. The molecule has 4 rings (SSSR count). The van der Waals surface area contributed by atoms with Crippen LogP contribution in [0.2, 0.25) is 0 Å². The zero-order valence-electron chi connectivity index (χ0n) is 13.5. The van der Waals surface area contributed by atoms with Crippen molar-refractivity contribution in [3.63, 3.8) is 0 Å². The molecular weight excluding hydrogens is 341 g/mol. The Hall–Kier alpha value is -2.41. The lowest BCUT2D eigenvalue weighted by molar-refractivity contribution is -0.122. The van der Waals surface area contributed by atoms with Crippen molar-refractivity contribution in [3.8, 4) is 0 Å². The summed E-state index contributed by atoms with van der Waals surface area (Å²) >= 11 is 1.33. The van der Waals surface area contributed by atoms with E-state index in [1.165, 1.54) is 23.9 Å². The highest BCUT2D eigenvalue weighted by Crippen LogP contribution is 2.44. The van der Waals surface area contributed by atoms with Crippen molar-refractivity contribution >= 4 is 23.4 Å². The molecule has 1 aliphatic carbocycles. The van der Waals surface area contributed by atoms with Crippen LogP contribution in [0.1, 0.15) is 29.9 Å². The van der Waals surface area contributed by atoms with Crippen LogP contribution in [-0.2, 0) is 4.79 Å². The molecule has 2 unspecified atom stereocenters. The molecule has 0 saturated carbocycles. The van der Waals surface area contributed by atoms with Crippen molar-refractivity contribution in [1.29, 1.82) is 0 Å². The van der Waals surface area contributed by atoms with Gasteiger partial charge in [-0.2, -0.15) is 0 Å². The molecule has 0 spiro atoms.